The largest absolute Gasteiger partial charge is 0.395 e. The van der Waals surface area contributed by atoms with Crippen LogP contribution in [-0.2, 0) is 4.74 Å². The van der Waals surface area contributed by atoms with Gasteiger partial charge in [-0.1, -0.05) is 6.92 Å². The average molecular weight is 175 g/mol. The average Bonchev–Trinajstić information content (AvgIpc) is 2.05. The minimum absolute atomic E-state index is 0.233. The highest BCUT2D eigenvalue weighted by Gasteiger charge is 2.07. The van der Waals surface area contributed by atoms with Gasteiger partial charge in [-0.3, -0.25) is 4.90 Å². The fourth-order valence-corrected chi connectivity index (χ4v) is 1.19. The summed E-state index contributed by atoms with van der Waals surface area (Å²) < 4.78 is 5.15. The van der Waals surface area contributed by atoms with Crippen LogP contribution in [0.4, 0.5) is 0 Å². The number of aliphatic hydroxyl groups is 1. The summed E-state index contributed by atoms with van der Waals surface area (Å²) in [5.41, 5.74) is 0. The summed E-state index contributed by atoms with van der Waals surface area (Å²) in [6, 6.07) is 0. The summed E-state index contributed by atoms with van der Waals surface area (Å²) in [5, 5.41) is 8.77. The summed E-state index contributed by atoms with van der Waals surface area (Å²) in [6.07, 6.45) is 1.37. The molecule has 0 heterocycles. The van der Waals surface area contributed by atoms with E-state index in [4.69, 9.17) is 9.84 Å². The van der Waals surface area contributed by atoms with Gasteiger partial charge in [-0.25, -0.2) is 0 Å². The minimum atomic E-state index is 0.233. The first-order valence-corrected chi connectivity index (χ1v) is 4.60. The zero-order chi connectivity index (χ0) is 9.40. The van der Waals surface area contributed by atoms with E-state index < -0.39 is 0 Å². The topological polar surface area (TPSA) is 32.7 Å². The van der Waals surface area contributed by atoms with Gasteiger partial charge in [0.15, 0.2) is 0 Å². The molecule has 74 valence electrons. The van der Waals surface area contributed by atoms with Crippen molar-refractivity contribution in [3.8, 4) is 0 Å². The predicted octanol–water partition coefficient (Wildman–Crippen LogP) is 0.726. The maximum Gasteiger partial charge on any atom is 0.0670 e. The van der Waals surface area contributed by atoms with Gasteiger partial charge in [-0.2, -0.15) is 0 Å². The van der Waals surface area contributed by atoms with Gasteiger partial charge in [-0.05, 0) is 19.9 Å². The Labute approximate surface area is 75.3 Å². The minimum Gasteiger partial charge on any atom is -0.395 e. The molecule has 0 saturated carbocycles. The summed E-state index contributed by atoms with van der Waals surface area (Å²) in [7, 11) is 1.72. The van der Waals surface area contributed by atoms with Crippen molar-refractivity contribution in [2.45, 2.75) is 26.4 Å². The van der Waals surface area contributed by atoms with Crippen molar-refractivity contribution in [2.24, 2.45) is 0 Å². The third-order valence-corrected chi connectivity index (χ3v) is 1.87. The predicted molar refractivity (Wildman–Crippen MR) is 50.3 cm³/mol. The lowest BCUT2D eigenvalue weighted by Gasteiger charge is -2.23. The zero-order valence-corrected chi connectivity index (χ0v) is 8.42. The van der Waals surface area contributed by atoms with Crippen molar-refractivity contribution in [3.05, 3.63) is 0 Å². The van der Waals surface area contributed by atoms with Crippen molar-refractivity contribution in [3.63, 3.8) is 0 Å². The highest BCUT2D eigenvalue weighted by atomic mass is 16.5. The van der Waals surface area contributed by atoms with Crippen LogP contribution in [-0.4, -0.2) is 49.5 Å². The molecule has 0 aromatic rings. The lowest BCUT2D eigenvalue weighted by Crippen LogP contribution is -2.34. The molecular formula is C9H21NO2. The molecule has 0 aliphatic rings. The second kappa shape index (κ2) is 7.53. The third kappa shape index (κ3) is 5.52. The second-order valence-electron chi connectivity index (χ2n) is 3.07. The Morgan fingerprint density at radius 3 is 2.50 bits per heavy atom. The van der Waals surface area contributed by atoms with E-state index >= 15 is 0 Å². The van der Waals surface area contributed by atoms with Crippen LogP contribution in [0.25, 0.3) is 0 Å². The normalized spacial score (nSPS) is 13.8. The Hall–Kier alpha value is -0.120. The molecule has 12 heavy (non-hydrogen) atoms. The molecule has 0 amide bonds. The van der Waals surface area contributed by atoms with Crippen molar-refractivity contribution in [2.75, 3.05) is 33.4 Å². The van der Waals surface area contributed by atoms with Crippen LogP contribution in [0.3, 0.4) is 0 Å². The van der Waals surface area contributed by atoms with E-state index in [1.165, 1.54) is 0 Å². The highest BCUT2D eigenvalue weighted by molar-refractivity contribution is 4.60. The molecule has 0 bridgehead atoms. The lowest BCUT2D eigenvalue weighted by molar-refractivity contribution is 0.0699. The van der Waals surface area contributed by atoms with E-state index in [-0.39, 0.29) is 12.7 Å². The first kappa shape index (κ1) is 11.9. The van der Waals surface area contributed by atoms with Gasteiger partial charge in [0.25, 0.3) is 0 Å². The molecule has 1 unspecified atom stereocenters. The second-order valence-corrected chi connectivity index (χ2v) is 3.07. The van der Waals surface area contributed by atoms with Crippen molar-refractivity contribution >= 4 is 0 Å². The molecule has 0 saturated heterocycles. The van der Waals surface area contributed by atoms with Crippen LogP contribution in [0.1, 0.15) is 20.3 Å². The molecule has 0 aliphatic heterocycles. The third-order valence-electron chi connectivity index (χ3n) is 1.87. The van der Waals surface area contributed by atoms with Gasteiger partial charge in [0.2, 0.25) is 0 Å². The van der Waals surface area contributed by atoms with Crippen LogP contribution >= 0.6 is 0 Å². The van der Waals surface area contributed by atoms with E-state index in [1.807, 2.05) is 6.92 Å². The molecule has 1 N–H and O–H groups in total. The standard InChI is InChI=1S/C9H21NO2/c1-4-5-10(6-7-11)8-9(2)12-3/h9,11H,4-8H2,1-3H3. The molecule has 0 spiro atoms. The first-order chi connectivity index (χ1) is 5.74. The van der Waals surface area contributed by atoms with Crippen LogP contribution in [0.5, 0.6) is 0 Å². The number of nitrogens with zero attached hydrogens (tertiary/aromatic N) is 1. The Morgan fingerprint density at radius 1 is 1.42 bits per heavy atom. The quantitative estimate of drug-likeness (QED) is 0.619. The Kier molecular flexibility index (Phi) is 7.45. The Balaban J connectivity index is 3.61. The van der Waals surface area contributed by atoms with E-state index in [0.717, 1.165) is 26.1 Å². The maximum absolute atomic E-state index is 8.77. The van der Waals surface area contributed by atoms with E-state index in [1.54, 1.807) is 7.11 Å². The molecule has 0 aliphatic carbocycles. The maximum atomic E-state index is 8.77. The molecular weight excluding hydrogens is 154 g/mol. The molecule has 3 nitrogen and oxygen atoms in total. The number of hydrogen-bond acceptors (Lipinski definition) is 3. The number of hydrogen-bond donors (Lipinski definition) is 1. The molecule has 0 radical (unpaired) electrons. The van der Waals surface area contributed by atoms with Gasteiger partial charge < -0.3 is 9.84 Å². The Morgan fingerprint density at radius 2 is 2.08 bits per heavy atom. The zero-order valence-electron chi connectivity index (χ0n) is 8.42. The van der Waals surface area contributed by atoms with E-state index in [9.17, 15) is 0 Å². The smallest absolute Gasteiger partial charge is 0.0670 e. The Bertz CT molecular complexity index is 92.5. The lowest BCUT2D eigenvalue weighted by atomic mass is 10.3. The monoisotopic (exact) mass is 175 g/mol. The fourth-order valence-electron chi connectivity index (χ4n) is 1.19. The number of ether oxygens (including phenoxy) is 1. The van der Waals surface area contributed by atoms with Crippen LogP contribution in [0.2, 0.25) is 0 Å². The molecule has 3 heteroatoms. The molecule has 0 aromatic heterocycles. The number of methoxy groups -OCH3 is 1. The van der Waals surface area contributed by atoms with Gasteiger partial charge >= 0.3 is 0 Å². The summed E-state index contributed by atoms with van der Waals surface area (Å²) >= 11 is 0. The molecule has 0 fully saturated rings. The van der Waals surface area contributed by atoms with Gasteiger partial charge in [0, 0.05) is 20.2 Å². The SMILES string of the molecule is CCCN(CCO)CC(C)OC. The van der Waals surface area contributed by atoms with Gasteiger partial charge in [-0.15, -0.1) is 0 Å². The van der Waals surface area contributed by atoms with Gasteiger partial charge in [0.1, 0.15) is 0 Å². The van der Waals surface area contributed by atoms with Crippen LogP contribution < -0.4 is 0 Å². The first-order valence-electron chi connectivity index (χ1n) is 4.60. The molecule has 0 rings (SSSR count). The number of aliphatic hydroxyl groups excluding tert-OH is 1. The van der Waals surface area contributed by atoms with Crippen molar-refractivity contribution in [1.29, 1.82) is 0 Å². The van der Waals surface area contributed by atoms with E-state index in [0.29, 0.717) is 0 Å². The van der Waals surface area contributed by atoms with Crippen molar-refractivity contribution < 1.29 is 9.84 Å². The van der Waals surface area contributed by atoms with Crippen LogP contribution in [0, 0.1) is 0 Å². The van der Waals surface area contributed by atoms with Crippen LogP contribution in [0.15, 0.2) is 0 Å². The summed E-state index contributed by atoms with van der Waals surface area (Å²) in [6.45, 7) is 7.11. The summed E-state index contributed by atoms with van der Waals surface area (Å²) in [4.78, 5) is 2.22. The fraction of sp³-hybridized carbons (Fsp3) is 1.00. The highest BCUT2D eigenvalue weighted by Crippen LogP contribution is 1.96. The van der Waals surface area contributed by atoms with Gasteiger partial charge in [0.05, 0.1) is 12.7 Å². The van der Waals surface area contributed by atoms with E-state index in [2.05, 4.69) is 11.8 Å². The molecule has 0 aromatic carbocycles. The van der Waals surface area contributed by atoms with Crippen molar-refractivity contribution in [1.82, 2.24) is 4.90 Å². The molecule has 1 atom stereocenters. The summed E-state index contributed by atoms with van der Waals surface area (Å²) in [5.74, 6) is 0. The number of rotatable bonds is 7.